The number of rotatable bonds is 7. The molecule has 3 N–H and O–H groups in total. The number of aliphatic imine (C=N–C) groups is 1. The van der Waals surface area contributed by atoms with E-state index in [0.29, 0.717) is 18.5 Å². The van der Waals surface area contributed by atoms with E-state index in [2.05, 4.69) is 39.4 Å². The third-order valence-electron chi connectivity index (χ3n) is 4.85. The number of guanidine groups is 1. The Morgan fingerprint density at radius 1 is 1.32 bits per heavy atom. The number of hydrogen-bond donors (Lipinski definition) is 2. The van der Waals surface area contributed by atoms with Crippen molar-refractivity contribution in [2.75, 3.05) is 19.6 Å². The molecule has 1 saturated heterocycles. The minimum absolute atomic E-state index is 0.525. The number of aromatic nitrogens is 2. The van der Waals surface area contributed by atoms with E-state index in [1.165, 1.54) is 30.5 Å². The second-order valence-corrected chi connectivity index (χ2v) is 6.48. The van der Waals surface area contributed by atoms with Crippen LogP contribution in [0.3, 0.4) is 0 Å². The van der Waals surface area contributed by atoms with E-state index in [9.17, 15) is 0 Å². The second-order valence-electron chi connectivity index (χ2n) is 6.48. The maximum Gasteiger partial charge on any atom is 0.188 e. The number of nitrogens with one attached hydrogen (secondary N) is 1. The average Bonchev–Trinajstić information content (AvgIpc) is 3.30. The van der Waals surface area contributed by atoms with Crippen LogP contribution in [0, 0.1) is 0 Å². The van der Waals surface area contributed by atoms with Gasteiger partial charge in [-0.05, 0) is 43.1 Å². The predicted molar refractivity (Wildman–Crippen MR) is 101 cm³/mol. The summed E-state index contributed by atoms with van der Waals surface area (Å²) < 4.78 is 1.92. The first-order valence-corrected chi connectivity index (χ1v) is 9.08. The fourth-order valence-electron chi connectivity index (χ4n) is 3.43. The molecule has 0 bridgehead atoms. The first kappa shape index (κ1) is 17.5. The lowest BCUT2D eigenvalue weighted by Crippen LogP contribution is -2.42. The van der Waals surface area contributed by atoms with Crippen molar-refractivity contribution < 1.29 is 0 Å². The van der Waals surface area contributed by atoms with E-state index in [0.717, 1.165) is 19.6 Å². The van der Waals surface area contributed by atoms with Crippen LogP contribution in [-0.2, 0) is 13.1 Å². The molecular formula is C19H28N6. The van der Waals surface area contributed by atoms with Gasteiger partial charge < -0.3 is 11.1 Å². The number of nitrogens with zero attached hydrogens (tertiary/aromatic N) is 4. The Hall–Kier alpha value is -2.34. The van der Waals surface area contributed by atoms with E-state index in [1.54, 1.807) is 6.20 Å². The van der Waals surface area contributed by atoms with Gasteiger partial charge in [-0.3, -0.25) is 9.58 Å². The topological polar surface area (TPSA) is 71.5 Å². The van der Waals surface area contributed by atoms with Gasteiger partial charge in [0.25, 0.3) is 0 Å². The third-order valence-corrected chi connectivity index (χ3v) is 4.85. The van der Waals surface area contributed by atoms with Gasteiger partial charge in [-0.15, -0.1) is 0 Å². The fourth-order valence-corrected chi connectivity index (χ4v) is 3.43. The van der Waals surface area contributed by atoms with Crippen molar-refractivity contribution >= 4 is 5.96 Å². The molecule has 0 spiro atoms. The van der Waals surface area contributed by atoms with Gasteiger partial charge in [0.05, 0.1) is 13.1 Å². The molecule has 2 heterocycles. The molecule has 1 aromatic carbocycles. The SMILES string of the molecule is CCN1CCC[C@@H]1CNC(N)=NCc1ccccc1Cn1cccn1. The van der Waals surface area contributed by atoms with E-state index in [1.807, 2.05) is 29.1 Å². The zero-order valence-corrected chi connectivity index (χ0v) is 14.9. The Labute approximate surface area is 149 Å². The lowest BCUT2D eigenvalue weighted by molar-refractivity contribution is 0.267. The number of hydrogen-bond acceptors (Lipinski definition) is 3. The molecule has 0 aliphatic carbocycles. The van der Waals surface area contributed by atoms with Crippen LogP contribution in [0.5, 0.6) is 0 Å². The minimum atomic E-state index is 0.525. The zero-order chi connectivity index (χ0) is 17.5. The molecule has 1 atom stereocenters. The van der Waals surface area contributed by atoms with Gasteiger partial charge in [-0.25, -0.2) is 4.99 Å². The maximum atomic E-state index is 6.08. The van der Waals surface area contributed by atoms with Gasteiger partial charge in [0, 0.05) is 25.0 Å². The number of nitrogens with two attached hydrogens (primary N) is 1. The predicted octanol–water partition coefficient (Wildman–Crippen LogP) is 1.82. The molecular weight excluding hydrogens is 312 g/mol. The van der Waals surface area contributed by atoms with Gasteiger partial charge in [-0.2, -0.15) is 5.10 Å². The largest absolute Gasteiger partial charge is 0.370 e. The van der Waals surface area contributed by atoms with Gasteiger partial charge in [0.15, 0.2) is 5.96 Å². The van der Waals surface area contributed by atoms with Crippen LogP contribution in [0.15, 0.2) is 47.7 Å². The molecule has 1 aliphatic rings. The summed E-state index contributed by atoms with van der Waals surface area (Å²) in [5.41, 5.74) is 8.47. The normalized spacial score (nSPS) is 18.6. The van der Waals surface area contributed by atoms with E-state index < -0.39 is 0 Å². The smallest absolute Gasteiger partial charge is 0.188 e. The molecule has 25 heavy (non-hydrogen) atoms. The monoisotopic (exact) mass is 340 g/mol. The Morgan fingerprint density at radius 3 is 2.92 bits per heavy atom. The molecule has 2 aromatic rings. The first-order chi connectivity index (χ1) is 12.3. The second kappa shape index (κ2) is 8.67. The summed E-state index contributed by atoms with van der Waals surface area (Å²) in [6.45, 7) is 6.72. The van der Waals surface area contributed by atoms with Crippen LogP contribution in [0.4, 0.5) is 0 Å². The van der Waals surface area contributed by atoms with Gasteiger partial charge in [-0.1, -0.05) is 31.2 Å². The third kappa shape index (κ3) is 4.82. The Balaban J connectivity index is 1.56. The highest BCUT2D eigenvalue weighted by atomic mass is 15.3. The zero-order valence-electron chi connectivity index (χ0n) is 14.9. The summed E-state index contributed by atoms with van der Waals surface area (Å²) in [6, 6.07) is 10.8. The first-order valence-electron chi connectivity index (χ1n) is 9.08. The highest BCUT2D eigenvalue weighted by Gasteiger charge is 2.22. The Bertz CT molecular complexity index is 679. The minimum Gasteiger partial charge on any atom is -0.370 e. The average molecular weight is 340 g/mol. The van der Waals surface area contributed by atoms with Crippen molar-refractivity contribution in [1.29, 1.82) is 0 Å². The number of likely N-dealkylation sites (tertiary alicyclic amines) is 1. The summed E-state index contributed by atoms with van der Waals surface area (Å²) in [4.78, 5) is 7.03. The molecule has 3 rings (SSSR count). The van der Waals surface area contributed by atoms with Gasteiger partial charge in [0.1, 0.15) is 0 Å². The fraction of sp³-hybridized carbons (Fsp3) is 0.474. The highest BCUT2D eigenvalue weighted by molar-refractivity contribution is 5.77. The van der Waals surface area contributed by atoms with E-state index in [-0.39, 0.29) is 0 Å². The van der Waals surface area contributed by atoms with Crippen molar-refractivity contribution in [2.24, 2.45) is 10.7 Å². The van der Waals surface area contributed by atoms with Crippen LogP contribution in [0.2, 0.25) is 0 Å². The van der Waals surface area contributed by atoms with Crippen LogP contribution in [0.25, 0.3) is 0 Å². The highest BCUT2D eigenvalue weighted by Crippen LogP contribution is 2.15. The van der Waals surface area contributed by atoms with Crippen molar-refractivity contribution in [3.05, 3.63) is 53.9 Å². The van der Waals surface area contributed by atoms with Crippen molar-refractivity contribution in [2.45, 2.75) is 38.9 Å². The Kier molecular flexibility index (Phi) is 6.06. The van der Waals surface area contributed by atoms with Gasteiger partial charge in [0.2, 0.25) is 0 Å². The van der Waals surface area contributed by atoms with E-state index >= 15 is 0 Å². The lowest BCUT2D eigenvalue weighted by Gasteiger charge is -2.23. The molecule has 134 valence electrons. The molecule has 0 amide bonds. The maximum absolute atomic E-state index is 6.08. The summed E-state index contributed by atoms with van der Waals surface area (Å²) >= 11 is 0. The molecule has 6 nitrogen and oxygen atoms in total. The number of likely N-dealkylation sites (N-methyl/N-ethyl adjacent to an activating group) is 1. The number of benzene rings is 1. The van der Waals surface area contributed by atoms with Gasteiger partial charge >= 0.3 is 0 Å². The van der Waals surface area contributed by atoms with Crippen molar-refractivity contribution in [3.63, 3.8) is 0 Å². The Morgan fingerprint density at radius 2 is 2.16 bits per heavy atom. The molecule has 1 fully saturated rings. The van der Waals surface area contributed by atoms with Crippen LogP contribution >= 0.6 is 0 Å². The molecule has 0 unspecified atom stereocenters. The van der Waals surface area contributed by atoms with Crippen LogP contribution in [0.1, 0.15) is 30.9 Å². The van der Waals surface area contributed by atoms with Crippen LogP contribution in [-0.4, -0.2) is 46.3 Å². The summed E-state index contributed by atoms with van der Waals surface area (Å²) in [5.74, 6) is 0.525. The molecule has 0 radical (unpaired) electrons. The van der Waals surface area contributed by atoms with Crippen molar-refractivity contribution in [1.82, 2.24) is 20.0 Å². The van der Waals surface area contributed by atoms with E-state index in [4.69, 9.17) is 5.73 Å². The summed E-state index contributed by atoms with van der Waals surface area (Å²) in [5, 5.41) is 7.57. The molecule has 1 aromatic heterocycles. The van der Waals surface area contributed by atoms with Crippen LogP contribution < -0.4 is 11.1 Å². The summed E-state index contributed by atoms with van der Waals surface area (Å²) in [7, 11) is 0. The quantitative estimate of drug-likeness (QED) is 0.596. The molecule has 1 aliphatic heterocycles. The molecule has 6 heteroatoms. The van der Waals surface area contributed by atoms with Crippen molar-refractivity contribution in [3.8, 4) is 0 Å². The molecule has 0 saturated carbocycles. The lowest BCUT2D eigenvalue weighted by atomic mass is 10.1. The summed E-state index contributed by atoms with van der Waals surface area (Å²) in [6.07, 6.45) is 6.28. The standard InChI is InChI=1S/C19H28N6/c1-2-24-11-5-9-18(24)14-22-19(20)21-13-16-7-3-4-8-17(16)15-25-12-6-10-23-25/h3-4,6-8,10,12,18H,2,5,9,11,13-15H2,1H3,(H3,20,21,22)/t18-/m1/s1.